The Morgan fingerprint density at radius 2 is 1.91 bits per heavy atom. The number of benzene rings is 1. The maximum Gasteiger partial charge on any atom is 1.00 e. The first kappa shape index (κ1) is 12.2. The number of aromatic carboxylic acids is 1. The van der Waals surface area contributed by atoms with Crippen molar-refractivity contribution < 1.29 is 78.8 Å². The largest absolute Gasteiger partial charge is 1.00 e. The number of carboxylic acids is 1. The van der Waals surface area contributed by atoms with E-state index in [1.54, 1.807) is 18.2 Å². The van der Waals surface area contributed by atoms with Gasteiger partial charge in [0.2, 0.25) is 0 Å². The number of carbonyl (C=O) groups excluding carboxylic acids is 1. The van der Waals surface area contributed by atoms with Crippen molar-refractivity contribution in [2.75, 3.05) is 0 Å². The predicted octanol–water partition coefficient (Wildman–Crippen LogP) is -2.18. The summed E-state index contributed by atoms with van der Waals surface area (Å²) in [4.78, 5) is 10.3. The summed E-state index contributed by atoms with van der Waals surface area (Å²) in [6, 6.07) is 6.54. The molecule has 0 atom stereocenters. The Morgan fingerprint density at radius 1 is 1.36 bits per heavy atom. The zero-order chi connectivity index (χ0) is 7.56. The van der Waals surface area contributed by atoms with Gasteiger partial charge in [-0.1, -0.05) is 34.1 Å². The summed E-state index contributed by atoms with van der Waals surface area (Å²) < 4.78 is 0.551. The molecule has 0 saturated heterocycles. The Morgan fingerprint density at radius 3 is 2.27 bits per heavy atom. The van der Waals surface area contributed by atoms with Gasteiger partial charge < -0.3 is 9.90 Å². The van der Waals surface area contributed by atoms with Gasteiger partial charge in [-0.25, -0.2) is 0 Å². The first-order chi connectivity index (χ1) is 4.72. The van der Waals surface area contributed by atoms with E-state index in [-0.39, 0.29) is 74.5 Å². The standard InChI is InChI=1S/C7H5BrO2.Cs/c8-6-4-2-1-3-5(6)7(9)10;/h1-4H,(H,9,10);/q;+1/p-1. The smallest absolute Gasteiger partial charge is 0.545 e. The second kappa shape index (κ2) is 5.80. The molecule has 0 amide bonds. The Hall–Kier alpha value is 1.22. The number of hydrogen-bond donors (Lipinski definition) is 0. The Kier molecular flexibility index (Phi) is 6.44. The molecule has 0 aliphatic heterocycles. The number of rotatable bonds is 1. The number of carboxylic acid groups (broad SMARTS) is 1. The summed E-state index contributed by atoms with van der Waals surface area (Å²) in [7, 11) is 0. The Bertz CT molecular complexity index is 262. The van der Waals surface area contributed by atoms with E-state index in [1.807, 2.05) is 0 Å². The minimum Gasteiger partial charge on any atom is -0.545 e. The van der Waals surface area contributed by atoms with Crippen molar-refractivity contribution >= 4 is 21.9 Å². The molecule has 0 bridgehead atoms. The van der Waals surface area contributed by atoms with Crippen LogP contribution in [-0.2, 0) is 0 Å². The minimum absolute atomic E-state index is 0. The van der Waals surface area contributed by atoms with Crippen LogP contribution in [-0.4, -0.2) is 5.97 Å². The van der Waals surface area contributed by atoms with Crippen LogP contribution < -0.4 is 74.0 Å². The summed E-state index contributed by atoms with van der Waals surface area (Å²) in [6.45, 7) is 0. The normalized spacial score (nSPS) is 8.45. The fourth-order valence-corrected chi connectivity index (χ4v) is 1.07. The van der Waals surface area contributed by atoms with E-state index in [0.717, 1.165) is 0 Å². The monoisotopic (exact) mass is 332 g/mol. The van der Waals surface area contributed by atoms with E-state index in [2.05, 4.69) is 15.9 Å². The van der Waals surface area contributed by atoms with Gasteiger partial charge in [0.25, 0.3) is 0 Å². The van der Waals surface area contributed by atoms with Crippen LogP contribution >= 0.6 is 15.9 Å². The van der Waals surface area contributed by atoms with Crippen LogP contribution in [0, 0.1) is 0 Å². The molecular weight excluding hydrogens is 329 g/mol. The zero-order valence-electron chi connectivity index (χ0n) is 6.00. The summed E-state index contributed by atoms with van der Waals surface area (Å²) in [5.41, 5.74) is 0.183. The average Bonchev–Trinajstić information content (AvgIpc) is 1.88. The quantitative estimate of drug-likeness (QED) is 0.586. The van der Waals surface area contributed by atoms with Crippen LogP contribution in [0.4, 0.5) is 0 Å². The van der Waals surface area contributed by atoms with E-state index < -0.39 is 5.97 Å². The van der Waals surface area contributed by atoms with Crippen molar-refractivity contribution in [1.29, 1.82) is 0 Å². The van der Waals surface area contributed by atoms with Crippen molar-refractivity contribution in [3.63, 3.8) is 0 Å². The fourth-order valence-electron chi connectivity index (χ4n) is 0.627. The first-order valence-corrected chi connectivity index (χ1v) is 3.47. The molecule has 2 nitrogen and oxygen atoms in total. The van der Waals surface area contributed by atoms with Gasteiger partial charge in [-0.15, -0.1) is 0 Å². The molecule has 1 rings (SSSR count). The fraction of sp³-hybridized carbons (Fsp3) is 0. The molecule has 0 aliphatic carbocycles. The second-order valence-electron chi connectivity index (χ2n) is 1.77. The van der Waals surface area contributed by atoms with E-state index in [0.29, 0.717) is 4.47 Å². The topological polar surface area (TPSA) is 40.1 Å². The molecule has 0 saturated carbocycles. The predicted molar refractivity (Wildman–Crippen MR) is 38.5 cm³/mol. The van der Waals surface area contributed by atoms with Crippen LogP contribution in [0.25, 0.3) is 0 Å². The Labute approximate surface area is 132 Å². The molecule has 0 radical (unpaired) electrons. The summed E-state index contributed by atoms with van der Waals surface area (Å²) >= 11 is 3.08. The zero-order valence-corrected chi connectivity index (χ0v) is 13.9. The summed E-state index contributed by atoms with van der Waals surface area (Å²) in [5.74, 6) is -1.16. The molecule has 0 heterocycles. The van der Waals surface area contributed by atoms with Crippen molar-refractivity contribution in [2.45, 2.75) is 0 Å². The van der Waals surface area contributed by atoms with Crippen LogP contribution in [0.15, 0.2) is 28.7 Å². The second-order valence-corrected chi connectivity index (χ2v) is 2.62. The van der Waals surface area contributed by atoms with Gasteiger partial charge in [-0.2, -0.15) is 0 Å². The molecule has 0 fully saturated rings. The van der Waals surface area contributed by atoms with Gasteiger partial charge in [0.05, 0.1) is 5.97 Å². The van der Waals surface area contributed by atoms with Gasteiger partial charge in [0.1, 0.15) is 0 Å². The number of hydrogen-bond acceptors (Lipinski definition) is 2. The summed E-state index contributed by atoms with van der Waals surface area (Å²) in [5, 5.41) is 10.3. The van der Waals surface area contributed by atoms with Crippen molar-refractivity contribution in [1.82, 2.24) is 0 Å². The van der Waals surface area contributed by atoms with Crippen LogP contribution in [0.3, 0.4) is 0 Å². The maximum absolute atomic E-state index is 10.3. The molecule has 0 aliphatic rings. The van der Waals surface area contributed by atoms with Crippen LogP contribution in [0.5, 0.6) is 0 Å². The molecule has 0 spiro atoms. The van der Waals surface area contributed by atoms with Crippen molar-refractivity contribution in [2.24, 2.45) is 0 Å². The third kappa shape index (κ3) is 3.63. The molecule has 0 unspecified atom stereocenters. The van der Waals surface area contributed by atoms with Crippen molar-refractivity contribution in [3.05, 3.63) is 34.3 Å². The minimum atomic E-state index is -1.16. The summed E-state index contributed by atoms with van der Waals surface area (Å²) in [6.07, 6.45) is 0. The van der Waals surface area contributed by atoms with E-state index in [9.17, 15) is 9.90 Å². The molecule has 1 aromatic rings. The van der Waals surface area contributed by atoms with Crippen LogP contribution in [0.2, 0.25) is 0 Å². The van der Waals surface area contributed by atoms with Gasteiger partial charge in [-0.3, -0.25) is 0 Å². The molecule has 0 aromatic heterocycles. The third-order valence-corrected chi connectivity index (χ3v) is 1.79. The van der Waals surface area contributed by atoms with Gasteiger partial charge in [0, 0.05) is 10.0 Å². The van der Waals surface area contributed by atoms with Crippen LogP contribution in [0.1, 0.15) is 10.4 Å². The van der Waals surface area contributed by atoms with Crippen molar-refractivity contribution in [3.8, 4) is 0 Å². The average molecular weight is 333 g/mol. The van der Waals surface area contributed by atoms with E-state index in [1.165, 1.54) is 6.07 Å². The SMILES string of the molecule is O=C([O-])c1ccccc1Br.[Cs+]. The first-order valence-electron chi connectivity index (χ1n) is 2.67. The molecule has 4 heteroatoms. The van der Waals surface area contributed by atoms with Gasteiger partial charge in [-0.05, 0) is 6.07 Å². The Balaban J connectivity index is 0.000001000. The maximum atomic E-state index is 10.3. The molecule has 1 aromatic carbocycles. The van der Waals surface area contributed by atoms with E-state index >= 15 is 0 Å². The molecule has 11 heavy (non-hydrogen) atoms. The molecule has 52 valence electrons. The molecule has 0 N–H and O–H groups in total. The number of carbonyl (C=O) groups is 1. The number of halogens is 1. The van der Waals surface area contributed by atoms with Gasteiger partial charge >= 0.3 is 68.9 Å². The third-order valence-electron chi connectivity index (χ3n) is 1.09. The van der Waals surface area contributed by atoms with E-state index in [4.69, 9.17) is 0 Å². The van der Waals surface area contributed by atoms with Gasteiger partial charge in [0.15, 0.2) is 0 Å². The molecular formula is C7H4BrCsO2.